The van der Waals surface area contributed by atoms with Crippen LogP contribution < -0.4 is 21.6 Å². The van der Waals surface area contributed by atoms with Crippen molar-refractivity contribution < 1.29 is 19.5 Å². The molecule has 0 bridgehead atoms. The Kier molecular flexibility index (Phi) is 4.26. The molecule has 12 heteroatoms. The molecule has 1 saturated heterocycles. The number of nitrogens with one attached hydrogen (secondary N) is 1. The summed E-state index contributed by atoms with van der Waals surface area (Å²) in [5.41, 5.74) is 0.373. The molecule has 0 spiro atoms. The highest BCUT2D eigenvalue weighted by Crippen LogP contribution is 2.41. The predicted molar refractivity (Wildman–Crippen MR) is 99.1 cm³/mol. The van der Waals surface area contributed by atoms with Crippen LogP contribution in [-0.2, 0) is 0 Å². The van der Waals surface area contributed by atoms with Crippen molar-refractivity contribution in [2.24, 2.45) is 5.16 Å². The van der Waals surface area contributed by atoms with Crippen molar-refractivity contribution in [2.45, 2.75) is 25.3 Å². The summed E-state index contributed by atoms with van der Waals surface area (Å²) in [5.74, 6) is -0.795. The van der Waals surface area contributed by atoms with E-state index >= 15 is 0 Å². The number of hydrogen-bond acceptors (Lipinski definition) is 6. The average molecular weight is 412 g/mol. The van der Waals surface area contributed by atoms with Gasteiger partial charge >= 0.3 is 11.8 Å². The lowest BCUT2D eigenvalue weighted by Gasteiger charge is -2.22. The molecule has 2 aromatic rings. The summed E-state index contributed by atoms with van der Waals surface area (Å²) in [5, 5.41) is 20.7. The highest BCUT2D eigenvalue weighted by Gasteiger charge is 2.33. The number of carbonyl (C=O) groups is 1. The third kappa shape index (κ3) is 2.78. The number of anilines is 1. The Morgan fingerprint density at radius 2 is 2.07 bits per heavy atom. The standard InChI is InChI=1S/C16H15ClFN5O5/c17-11-12-9(5-10(18)13(11)21-4-3-7(6-21)20-28)14(24)23(19-15(25)26)16(27)22(12)8-1-2-8/h5,8,19,28H,1-4,6H2,(H,25,26). The maximum Gasteiger partial charge on any atom is 0.424 e. The number of aromatic nitrogens is 2. The lowest BCUT2D eigenvalue weighted by Crippen LogP contribution is -2.46. The van der Waals surface area contributed by atoms with Crippen molar-refractivity contribution in [1.29, 1.82) is 0 Å². The first-order valence-corrected chi connectivity index (χ1v) is 8.85. The predicted octanol–water partition coefficient (Wildman–Crippen LogP) is 1.55. The van der Waals surface area contributed by atoms with E-state index in [0.717, 1.165) is 6.07 Å². The van der Waals surface area contributed by atoms with E-state index in [1.807, 2.05) is 0 Å². The molecule has 1 saturated carbocycles. The largest absolute Gasteiger partial charge is 0.464 e. The summed E-state index contributed by atoms with van der Waals surface area (Å²) in [6, 6.07) is 0.687. The van der Waals surface area contributed by atoms with E-state index in [4.69, 9.17) is 21.9 Å². The van der Waals surface area contributed by atoms with E-state index in [1.54, 1.807) is 10.3 Å². The quantitative estimate of drug-likeness (QED) is 0.519. The second-order valence-corrected chi connectivity index (χ2v) is 7.07. The maximum atomic E-state index is 14.9. The summed E-state index contributed by atoms with van der Waals surface area (Å²) in [6.45, 7) is 0.511. The molecule has 1 aromatic heterocycles. The summed E-state index contributed by atoms with van der Waals surface area (Å²) in [4.78, 5) is 38.0. The number of nitrogens with zero attached hydrogens (tertiary/aromatic N) is 4. The topological polar surface area (TPSA) is 129 Å². The van der Waals surface area contributed by atoms with E-state index in [0.29, 0.717) is 36.2 Å². The second kappa shape index (κ2) is 6.51. The molecular formula is C16H15ClFN5O5. The van der Waals surface area contributed by atoms with Crippen molar-refractivity contribution >= 4 is 40.0 Å². The summed E-state index contributed by atoms with van der Waals surface area (Å²) < 4.78 is 16.5. The van der Waals surface area contributed by atoms with E-state index in [9.17, 15) is 18.8 Å². The molecule has 0 unspecified atom stereocenters. The Labute approximate surface area is 161 Å². The molecule has 0 atom stereocenters. The van der Waals surface area contributed by atoms with Crippen LogP contribution in [0.1, 0.15) is 25.3 Å². The Hall–Kier alpha value is -3.08. The number of oxime groups is 1. The van der Waals surface area contributed by atoms with Crippen molar-refractivity contribution in [1.82, 2.24) is 9.24 Å². The minimum absolute atomic E-state index is 0.00459. The van der Waals surface area contributed by atoms with Crippen LogP contribution in [0.3, 0.4) is 0 Å². The molecule has 1 aliphatic heterocycles. The highest BCUT2D eigenvalue weighted by atomic mass is 35.5. The van der Waals surface area contributed by atoms with E-state index < -0.39 is 23.2 Å². The van der Waals surface area contributed by atoms with Crippen molar-refractivity contribution in [3.05, 3.63) is 37.7 Å². The number of benzene rings is 1. The lowest BCUT2D eigenvalue weighted by atomic mass is 10.2. The van der Waals surface area contributed by atoms with Gasteiger partial charge in [0.2, 0.25) is 0 Å². The zero-order valence-electron chi connectivity index (χ0n) is 14.4. The van der Waals surface area contributed by atoms with Crippen LogP contribution in [0.25, 0.3) is 10.9 Å². The molecule has 1 aliphatic carbocycles. The van der Waals surface area contributed by atoms with Gasteiger partial charge in [0.15, 0.2) is 0 Å². The van der Waals surface area contributed by atoms with Crippen molar-refractivity contribution in [2.75, 3.05) is 23.4 Å². The second-order valence-electron chi connectivity index (χ2n) is 6.70. The van der Waals surface area contributed by atoms with Crippen LogP contribution >= 0.6 is 11.6 Å². The number of fused-ring (bicyclic) bond motifs is 1. The Bertz CT molecular complexity index is 1150. The number of hydrogen-bond donors (Lipinski definition) is 3. The van der Waals surface area contributed by atoms with Crippen LogP contribution in [0.4, 0.5) is 14.9 Å². The molecule has 2 aliphatic rings. The Balaban J connectivity index is 2.03. The zero-order valence-corrected chi connectivity index (χ0v) is 15.1. The number of amides is 1. The van der Waals surface area contributed by atoms with Gasteiger partial charge in [0.05, 0.1) is 33.9 Å². The molecule has 1 amide bonds. The van der Waals surface area contributed by atoms with Gasteiger partial charge in [-0.3, -0.25) is 9.36 Å². The lowest BCUT2D eigenvalue weighted by molar-refractivity contribution is 0.205. The zero-order chi connectivity index (χ0) is 20.2. The first-order chi connectivity index (χ1) is 13.3. The number of rotatable bonds is 3. The van der Waals surface area contributed by atoms with Crippen LogP contribution in [-0.4, -0.2) is 44.5 Å². The van der Waals surface area contributed by atoms with Gasteiger partial charge in [-0.05, 0) is 18.9 Å². The van der Waals surface area contributed by atoms with Gasteiger partial charge in [0.1, 0.15) is 5.82 Å². The van der Waals surface area contributed by atoms with Crippen LogP contribution in [0.5, 0.6) is 0 Å². The minimum Gasteiger partial charge on any atom is -0.464 e. The van der Waals surface area contributed by atoms with Crippen LogP contribution in [0.15, 0.2) is 20.8 Å². The first kappa shape index (κ1) is 18.3. The fraction of sp³-hybridized carbons (Fsp3) is 0.375. The average Bonchev–Trinajstić information content (AvgIpc) is 3.37. The van der Waals surface area contributed by atoms with Gasteiger partial charge in [-0.15, -0.1) is 0 Å². The Morgan fingerprint density at radius 3 is 2.64 bits per heavy atom. The third-order valence-electron chi connectivity index (χ3n) is 4.86. The van der Waals surface area contributed by atoms with Gasteiger partial charge in [0.25, 0.3) is 5.56 Å². The normalized spacial score (nSPS) is 18.2. The van der Waals surface area contributed by atoms with Gasteiger partial charge in [0, 0.05) is 19.0 Å². The van der Waals surface area contributed by atoms with E-state index in [-0.39, 0.29) is 34.2 Å². The number of carboxylic acid groups (broad SMARTS) is 1. The minimum atomic E-state index is -1.60. The van der Waals surface area contributed by atoms with Gasteiger partial charge in [-0.1, -0.05) is 16.8 Å². The van der Waals surface area contributed by atoms with Crippen LogP contribution in [0, 0.1) is 5.82 Å². The van der Waals surface area contributed by atoms with E-state index in [1.165, 1.54) is 4.57 Å². The van der Waals surface area contributed by atoms with Gasteiger partial charge < -0.3 is 15.2 Å². The number of halogens is 2. The molecule has 148 valence electrons. The molecule has 10 nitrogen and oxygen atoms in total. The molecule has 1 aromatic carbocycles. The fourth-order valence-corrected chi connectivity index (χ4v) is 3.88. The van der Waals surface area contributed by atoms with Crippen LogP contribution in [0.2, 0.25) is 5.02 Å². The maximum absolute atomic E-state index is 14.9. The smallest absolute Gasteiger partial charge is 0.424 e. The molecule has 28 heavy (non-hydrogen) atoms. The van der Waals surface area contributed by atoms with Gasteiger partial charge in [-0.25, -0.2) is 19.4 Å². The summed E-state index contributed by atoms with van der Waals surface area (Å²) in [6.07, 6.45) is 0.115. The molecule has 4 rings (SSSR count). The van der Waals surface area contributed by atoms with Crippen molar-refractivity contribution in [3.63, 3.8) is 0 Å². The monoisotopic (exact) mass is 411 g/mol. The molecule has 2 heterocycles. The summed E-state index contributed by atoms with van der Waals surface area (Å²) >= 11 is 6.47. The SMILES string of the molecule is O=C(O)Nn1c(=O)c2cc(F)c(N3CCC(=NO)C3)c(Cl)c2n(C2CC2)c1=O. The molecule has 0 radical (unpaired) electrons. The first-order valence-electron chi connectivity index (χ1n) is 8.47. The highest BCUT2D eigenvalue weighted by molar-refractivity contribution is 6.38. The fourth-order valence-electron chi connectivity index (χ4n) is 3.48. The third-order valence-corrected chi connectivity index (χ3v) is 5.22. The Morgan fingerprint density at radius 1 is 1.36 bits per heavy atom. The molecule has 3 N–H and O–H groups in total. The van der Waals surface area contributed by atoms with Gasteiger partial charge in [-0.2, -0.15) is 4.68 Å². The summed E-state index contributed by atoms with van der Waals surface area (Å²) in [7, 11) is 0. The van der Waals surface area contributed by atoms with E-state index in [2.05, 4.69) is 5.16 Å². The molecular weight excluding hydrogens is 397 g/mol. The van der Waals surface area contributed by atoms with Crippen molar-refractivity contribution in [3.8, 4) is 0 Å². The molecule has 2 fully saturated rings.